The van der Waals surface area contributed by atoms with Gasteiger partial charge in [-0.15, -0.1) is 0 Å². The highest BCUT2D eigenvalue weighted by Crippen LogP contribution is 2.38. The van der Waals surface area contributed by atoms with Crippen LogP contribution < -0.4 is 0 Å². The first kappa shape index (κ1) is 15.3. The van der Waals surface area contributed by atoms with Crippen LogP contribution in [0.2, 0.25) is 0 Å². The molecule has 2 saturated heterocycles. The van der Waals surface area contributed by atoms with Crippen molar-refractivity contribution >= 4 is 0 Å². The standard InChI is InChI=1S/C17H33NO/c1-12(2)8-15-9-14(4)17(11-19-15)16-10-18(5)7-6-13(16)3/h12-17H,6-11H2,1-5H3. The molecule has 5 atom stereocenters. The smallest absolute Gasteiger partial charge is 0.0580 e. The maximum absolute atomic E-state index is 6.19. The van der Waals surface area contributed by atoms with Crippen LogP contribution in [-0.2, 0) is 4.74 Å². The fourth-order valence-corrected chi connectivity index (χ4v) is 4.13. The van der Waals surface area contributed by atoms with Gasteiger partial charge in [-0.2, -0.15) is 0 Å². The van der Waals surface area contributed by atoms with E-state index in [4.69, 9.17) is 4.74 Å². The van der Waals surface area contributed by atoms with Gasteiger partial charge < -0.3 is 9.64 Å². The normalized spacial score (nSPS) is 41.7. The molecular weight excluding hydrogens is 234 g/mol. The average Bonchev–Trinajstić information content (AvgIpc) is 2.32. The maximum Gasteiger partial charge on any atom is 0.0580 e. The molecule has 0 radical (unpaired) electrons. The molecule has 2 aliphatic rings. The summed E-state index contributed by atoms with van der Waals surface area (Å²) in [6, 6.07) is 0. The molecule has 0 aromatic carbocycles. The Hall–Kier alpha value is -0.0800. The van der Waals surface area contributed by atoms with Crippen molar-refractivity contribution < 1.29 is 4.74 Å². The minimum atomic E-state index is 0.517. The highest BCUT2D eigenvalue weighted by atomic mass is 16.5. The molecule has 0 spiro atoms. The Morgan fingerprint density at radius 2 is 1.89 bits per heavy atom. The largest absolute Gasteiger partial charge is 0.378 e. The van der Waals surface area contributed by atoms with E-state index in [9.17, 15) is 0 Å². The Bertz CT molecular complexity index is 278. The lowest BCUT2D eigenvalue weighted by Crippen LogP contribution is -2.46. The van der Waals surface area contributed by atoms with E-state index in [1.54, 1.807) is 0 Å². The lowest BCUT2D eigenvalue weighted by Gasteiger charge is -2.45. The molecule has 19 heavy (non-hydrogen) atoms. The van der Waals surface area contributed by atoms with Crippen LogP contribution in [0.1, 0.15) is 47.0 Å². The molecule has 0 aromatic heterocycles. The number of nitrogens with zero attached hydrogens (tertiary/aromatic N) is 1. The molecule has 112 valence electrons. The third kappa shape index (κ3) is 3.95. The summed E-state index contributed by atoms with van der Waals surface area (Å²) in [5.74, 6) is 4.08. The first-order valence-corrected chi connectivity index (χ1v) is 8.27. The van der Waals surface area contributed by atoms with Crippen LogP contribution in [0.3, 0.4) is 0 Å². The van der Waals surface area contributed by atoms with Gasteiger partial charge in [0.15, 0.2) is 0 Å². The highest BCUT2D eigenvalue weighted by Gasteiger charge is 2.38. The van der Waals surface area contributed by atoms with Crippen LogP contribution in [-0.4, -0.2) is 37.7 Å². The first-order chi connectivity index (χ1) is 8.97. The minimum Gasteiger partial charge on any atom is -0.378 e. The van der Waals surface area contributed by atoms with E-state index in [1.807, 2.05) is 0 Å². The average molecular weight is 267 g/mol. The molecule has 0 N–H and O–H groups in total. The molecule has 5 unspecified atom stereocenters. The third-order valence-corrected chi connectivity index (χ3v) is 5.39. The number of rotatable bonds is 3. The second-order valence-electron chi connectivity index (χ2n) is 7.65. The molecule has 2 rings (SSSR count). The number of piperidine rings is 1. The van der Waals surface area contributed by atoms with E-state index in [2.05, 4.69) is 39.6 Å². The fraction of sp³-hybridized carbons (Fsp3) is 1.00. The van der Waals surface area contributed by atoms with E-state index in [0.717, 1.165) is 36.2 Å². The summed E-state index contributed by atoms with van der Waals surface area (Å²) >= 11 is 0. The van der Waals surface area contributed by atoms with E-state index in [1.165, 1.54) is 32.4 Å². The zero-order valence-corrected chi connectivity index (χ0v) is 13.6. The lowest BCUT2D eigenvalue weighted by molar-refractivity contribution is -0.0834. The molecule has 0 aromatic rings. The molecular formula is C17H33NO. The lowest BCUT2D eigenvalue weighted by atomic mass is 9.70. The summed E-state index contributed by atoms with van der Waals surface area (Å²) in [6.45, 7) is 13.1. The Balaban J connectivity index is 1.91. The summed E-state index contributed by atoms with van der Waals surface area (Å²) in [5, 5.41) is 0. The van der Waals surface area contributed by atoms with Crippen LogP contribution in [0, 0.1) is 29.6 Å². The Kier molecular flexibility index (Phi) is 5.30. The SMILES string of the molecule is CC(C)CC1CC(C)C(C2CN(C)CCC2C)CO1. The number of hydrogen-bond donors (Lipinski definition) is 0. The van der Waals surface area contributed by atoms with Crippen molar-refractivity contribution in [2.45, 2.75) is 53.1 Å². The predicted octanol–water partition coefficient (Wildman–Crippen LogP) is 3.66. The van der Waals surface area contributed by atoms with Crippen molar-refractivity contribution in [3.05, 3.63) is 0 Å². The van der Waals surface area contributed by atoms with Crippen LogP contribution in [0.15, 0.2) is 0 Å². The molecule has 2 aliphatic heterocycles. The molecule has 2 heterocycles. The maximum atomic E-state index is 6.19. The Labute approximate surface area is 119 Å². The van der Waals surface area contributed by atoms with E-state index in [0.29, 0.717) is 6.10 Å². The van der Waals surface area contributed by atoms with Crippen LogP contribution >= 0.6 is 0 Å². The summed E-state index contributed by atoms with van der Waals surface area (Å²) in [4.78, 5) is 2.51. The number of likely N-dealkylation sites (tertiary alicyclic amines) is 1. The van der Waals surface area contributed by atoms with Gasteiger partial charge in [0.25, 0.3) is 0 Å². The third-order valence-electron chi connectivity index (χ3n) is 5.39. The zero-order valence-electron chi connectivity index (χ0n) is 13.6. The topological polar surface area (TPSA) is 12.5 Å². The van der Waals surface area contributed by atoms with Crippen molar-refractivity contribution in [1.29, 1.82) is 0 Å². The van der Waals surface area contributed by atoms with E-state index >= 15 is 0 Å². The van der Waals surface area contributed by atoms with Gasteiger partial charge in [0.2, 0.25) is 0 Å². The quantitative estimate of drug-likeness (QED) is 0.774. The van der Waals surface area contributed by atoms with Crippen LogP contribution in [0.25, 0.3) is 0 Å². The van der Waals surface area contributed by atoms with Gasteiger partial charge in [-0.1, -0.05) is 27.7 Å². The van der Waals surface area contributed by atoms with Gasteiger partial charge in [0.05, 0.1) is 12.7 Å². The molecule has 0 amide bonds. The van der Waals surface area contributed by atoms with Crippen LogP contribution in [0.4, 0.5) is 0 Å². The fourth-order valence-electron chi connectivity index (χ4n) is 4.13. The summed E-state index contributed by atoms with van der Waals surface area (Å²) in [6.07, 6.45) is 4.38. The van der Waals surface area contributed by atoms with Gasteiger partial charge in [-0.3, -0.25) is 0 Å². The van der Waals surface area contributed by atoms with Gasteiger partial charge in [-0.25, -0.2) is 0 Å². The molecule has 0 bridgehead atoms. The van der Waals surface area contributed by atoms with E-state index < -0.39 is 0 Å². The second-order valence-corrected chi connectivity index (χ2v) is 7.65. The predicted molar refractivity (Wildman–Crippen MR) is 81.2 cm³/mol. The van der Waals surface area contributed by atoms with Crippen molar-refractivity contribution in [2.75, 3.05) is 26.7 Å². The van der Waals surface area contributed by atoms with Crippen molar-refractivity contribution in [3.8, 4) is 0 Å². The monoisotopic (exact) mass is 267 g/mol. The van der Waals surface area contributed by atoms with Gasteiger partial charge in [0, 0.05) is 6.54 Å². The molecule has 2 nitrogen and oxygen atoms in total. The Morgan fingerprint density at radius 3 is 2.53 bits per heavy atom. The second kappa shape index (κ2) is 6.58. The summed E-state index contributed by atoms with van der Waals surface area (Å²) in [7, 11) is 2.27. The highest BCUT2D eigenvalue weighted by molar-refractivity contribution is 4.87. The van der Waals surface area contributed by atoms with E-state index in [-0.39, 0.29) is 0 Å². The van der Waals surface area contributed by atoms with Gasteiger partial charge in [-0.05, 0) is 62.4 Å². The Morgan fingerprint density at radius 1 is 1.16 bits per heavy atom. The molecule has 0 aliphatic carbocycles. The van der Waals surface area contributed by atoms with Crippen molar-refractivity contribution in [1.82, 2.24) is 4.90 Å². The van der Waals surface area contributed by atoms with Gasteiger partial charge >= 0.3 is 0 Å². The molecule has 2 fully saturated rings. The minimum absolute atomic E-state index is 0.517. The number of ether oxygens (including phenoxy) is 1. The summed E-state index contributed by atoms with van der Waals surface area (Å²) in [5.41, 5.74) is 0. The van der Waals surface area contributed by atoms with Gasteiger partial charge in [0.1, 0.15) is 0 Å². The first-order valence-electron chi connectivity index (χ1n) is 8.27. The molecule has 2 heteroatoms. The number of hydrogen-bond acceptors (Lipinski definition) is 2. The summed E-state index contributed by atoms with van der Waals surface area (Å²) < 4.78 is 6.19. The van der Waals surface area contributed by atoms with Crippen LogP contribution in [0.5, 0.6) is 0 Å². The van der Waals surface area contributed by atoms with Crippen molar-refractivity contribution in [3.63, 3.8) is 0 Å². The molecule has 0 saturated carbocycles. The zero-order chi connectivity index (χ0) is 14.0. The van der Waals surface area contributed by atoms with Crippen molar-refractivity contribution in [2.24, 2.45) is 29.6 Å².